The highest BCUT2D eigenvalue weighted by molar-refractivity contribution is 7.99. The van der Waals surface area contributed by atoms with Crippen LogP contribution in [0.15, 0.2) is 5.16 Å². The summed E-state index contributed by atoms with van der Waals surface area (Å²) in [4.78, 5) is 26.1. The monoisotopic (exact) mass is 370 g/mol. The summed E-state index contributed by atoms with van der Waals surface area (Å²) in [6, 6.07) is 0. The van der Waals surface area contributed by atoms with E-state index in [1.165, 1.54) is 0 Å². The molecule has 0 saturated heterocycles. The topological polar surface area (TPSA) is 142 Å². The average molecular weight is 371 g/mol. The molecule has 1 aromatic heterocycles. The number of H-pyrrole nitrogens is 1. The summed E-state index contributed by atoms with van der Waals surface area (Å²) in [5.41, 5.74) is 4.25. The van der Waals surface area contributed by atoms with Crippen LogP contribution in [-0.2, 0) is 9.59 Å². The molecule has 0 radical (unpaired) electrons. The summed E-state index contributed by atoms with van der Waals surface area (Å²) in [5.74, 6) is -4.84. The van der Waals surface area contributed by atoms with E-state index < -0.39 is 52.7 Å². The van der Waals surface area contributed by atoms with Crippen LogP contribution in [-0.4, -0.2) is 48.1 Å². The molecule has 2 aliphatic rings. The molecule has 23 heavy (non-hydrogen) atoms. The minimum Gasteiger partial charge on any atom is -0.481 e. The van der Waals surface area contributed by atoms with Gasteiger partial charge < -0.3 is 15.9 Å². The lowest BCUT2D eigenvalue weighted by Gasteiger charge is -2.23. The molecular weight excluding hydrogens is 358 g/mol. The molecule has 1 aromatic rings. The zero-order valence-electron chi connectivity index (χ0n) is 11.3. The number of hydrogen-bond donors (Lipinski definition) is 4. The zero-order valence-corrected chi connectivity index (χ0v) is 13.0. The van der Waals surface area contributed by atoms with Crippen LogP contribution < -0.4 is 5.73 Å². The van der Waals surface area contributed by atoms with Crippen molar-refractivity contribution in [3.05, 3.63) is 5.82 Å². The van der Waals surface area contributed by atoms with Gasteiger partial charge in [0, 0.05) is 11.2 Å². The van der Waals surface area contributed by atoms with Crippen LogP contribution in [0, 0.1) is 17.8 Å². The third-order valence-electron chi connectivity index (χ3n) is 4.27. The molecule has 0 spiro atoms. The molecule has 5 N–H and O–H groups in total. The fourth-order valence-electron chi connectivity index (χ4n) is 3.28. The van der Waals surface area contributed by atoms with E-state index in [-0.39, 0.29) is 24.0 Å². The quantitative estimate of drug-likeness (QED) is 0.595. The number of thioether (sulfide) groups is 1. The molecular formula is C11H13ClF2N4O4S. The molecule has 5 atom stereocenters. The number of rotatable bonds is 5. The second kappa shape index (κ2) is 5.87. The molecule has 12 heteroatoms. The smallest absolute Gasteiger partial charge is 0.324 e. The fraction of sp³-hybridized carbons (Fsp3) is 0.636. The fourth-order valence-corrected chi connectivity index (χ4v) is 4.65. The van der Waals surface area contributed by atoms with Gasteiger partial charge in [-0.15, -0.1) is 17.5 Å². The van der Waals surface area contributed by atoms with E-state index in [0.717, 1.165) is 11.8 Å². The van der Waals surface area contributed by atoms with E-state index in [2.05, 4.69) is 15.2 Å². The van der Waals surface area contributed by atoms with Crippen LogP contribution in [0.25, 0.3) is 0 Å². The van der Waals surface area contributed by atoms with Crippen LogP contribution in [0.3, 0.4) is 0 Å². The number of aromatic nitrogens is 3. The maximum atomic E-state index is 12.5. The molecule has 0 amide bonds. The Kier molecular flexibility index (Phi) is 4.57. The third-order valence-corrected chi connectivity index (χ3v) is 5.44. The molecule has 1 heterocycles. The summed E-state index contributed by atoms with van der Waals surface area (Å²) in [6.07, 6.45) is -2.75. The summed E-state index contributed by atoms with van der Waals surface area (Å²) in [5, 5.41) is 23.7. The maximum Gasteiger partial charge on any atom is 0.324 e. The molecule has 0 aliphatic heterocycles. The normalized spacial score (nSPS) is 34.8. The van der Waals surface area contributed by atoms with Gasteiger partial charge in [0.25, 0.3) is 6.43 Å². The molecule has 0 aromatic carbocycles. The average Bonchev–Trinajstić information content (AvgIpc) is 2.90. The van der Waals surface area contributed by atoms with Gasteiger partial charge in [-0.3, -0.25) is 14.7 Å². The highest BCUT2D eigenvalue weighted by Gasteiger charge is 2.74. The molecule has 0 bridgehead atoms. The molecule has 2 aliphatic carbocycles. The second-order valence-corrected chi connectivity index (χ2v) is 6.68. The lowest BCUT2D eigenvalue weighted by molar-refractivity contribution is -0.145. The Bertz CT molecular complexity index is 647. The standard InChI is InChI=1S/C11H12F2N4O4S.ClH/c12-6(13)7-15-10(17-16-7)22-2-1-11(14,9(20)21)5-3(2)4(5)8(18)19;/h2-6H,1,14H2,(H,18,19)(H,20,21)(H,15,16,17);1H/t2-,3+,4+,5+,11+;/m1./s1. The highest BCUT2D eigenvalue weighted by Crippen LogP contribution is 2.65. The van der Waals surface area contributed by atoms with Gasteiger partial charge in [0.2, 0.25) is 5.16 Å². The van der Waals surface area contributed by atoms with Crippen molar-refractivity contribution in [1.29, 1.82) is 0 Å². The first kappa shape index (κ1) is 17.9. The van der Waals surface area contributed by atoms with Crippen LogP contribution in [0.2, 0.25) is 0 Å². The number of carboxylic acids is 2. The van der Waals surface area contributed by atoms with Crippen LogP contribution in [0.5, 0.6) is 0 Å². The van der Waals surface area contributed by atoms with Gasteiger partial charge in [0.05, 0.1) is 5.92 Å². The summed E-state index contributed by atoms with van der Waals surface area (Å²) >= 11 is 0.987. The zero-order chi connectivity index (χ0) is 16.2. The van der Waals surface area contributed by atoms with Crippen LogP contribution in [0.1, 0.15) is 18.7 Å². The first-order chi connectivity index (χ1) is 10.3. The van der Waals surface area contributed by atoms with Crippen molar-refractivity contribution in [3.63, 3.8) is 0 Å². The SMILES string of the molecule is Cl.N[C@@]1(C(=O)O)C[C@@H](Sc2n[nH]c(C(F)F)n2)[C@H]2[C@H](C(=O)O)[C@H]21. The number of carboxylic acid groups (broad SMARTS) is 2. The van der Waals surface area contributed by atoms with Gasteiger partial charge in [-0.2, -0.15) is 0 Å². The van der Waals surface area contributed by atoms with E-state index in [1.807, 2.05) is 0 Å². The molecule has 3 rings (SSSR count). The largest absolute Gasteiger partial charge is 0.481 e. The number of nitrogens with one attached hydrogen (secondary N) is 1. The summed E-state index contributed by atoms with van der Waals surface area (Å²) in [6.45, 7) is 0. The van der Waals surface area contributed by atoms with Gasteiger partial charge in [0.15, 0.2) is 5.82 Å². The molecule has 2 saturated carbocycles. The lowest BCUT2D eigenvalue weighted by Crippen LogP contribution is -2.50. The van der Waals surface area contributed by atoms with Gasteiger partial charge >= 0.3 is 11.9 Å². The van der Waals surface area contributed by atoms with Crippen molar-refractivity contribution >= 4 is 36.1 Å². The van der Waals surface area contributed by atoms with E-state index >= 15 is 0 Å². The van der Waals surface area contributed by atoms with E-state index in [9.17, 15) is 23.5 Å². The Morgan fingerprint density at radius 3 is 2.57 bits per heavy atom. The molecule has 128 valence electrons. The van der Waals surface area contributed by atoms with E-state index in [1.54, 1.807) is 0 Å². The lowest BCUT2D eigenvalue weighted by atomic mass is 9.91. The minimum absolute atomic E-state index is 0. The molecule has 2 fully saturated rings. The van der Waals surface area contributed by atoms with Gasteiger partial charge in [0.1, 0.15) is 5.54 Å². The Labute approximate surface area is 138 Å². The second-order valence-electron chi connectivity index (χ2n) is 5.48. The predicted octanol–water partition coefficient (Wildman–Crippen LogP) is 0.757. The first-order valence-electron chi connectivity index (χ1n) is 6.38. The number of alkyl halides is 2. The van der Waals surface area contributed by atoms with Crippen molar-refractivity contribution in [2.45, 2.75) is 28.8 Å². The predicted molar refractivity (Wildman–Crippen MR) is 75.5 cm³/mol. The number of nitrogens with two attached hydrogens (primary N) is 1. The number of aliphatic carboxylic acids is 2. The molecule has 8 nitrogen and oxygen atoms in total. The summed E-state index contributed by atoms with van der Waals surface area (Å²) < 4.78 is 24.9. The van der Waals surface area contributed by atoms with Crippen molar-refractivity contribution in [1.82, 2.24) is 15.2 Å². The van der Waals surface area contributed by atoms with Crippen LogP contribution in [0.4, 0.5) is 8.78 Å². The van der Waals surface area contributed by atoms with Crippen LogP contribution >= 0.6 is 24.2 Å². The van der Waals surface area contributed by atoms with Gasteiger partial charge in [-0.25, -0.2) is 13.8 Å². The van der Waals surface area contributed by atoms with E-state index in [4.69, 9.17) is 10.8 Å². The maximum absolute atomic E-state index is 12.5. The van der Waals surface area contributed by atoms with Crippen molar-refractivity contribution in [2.75, 3.05) is 0 Å². The number of fused-ring (bicyclic) bond motifs is 1. The number of nitrogens with zero attached hydrogens (tertiary/aromatic N) is 2. The first-order valence-corrected chi connectivity index (χ1v) is 7.26. The summed E-state index contributed by atoms with van der Waals surface area (Å²) in [7, 11) is 0. The number of hydrogen-bond acceptors (Lipinski definition) is 6. The number of halogens is 3. The van der Waals surface area contributed by atoms with Gasteiger partial charge in [-0.05, 0) is 12.3 Å². The Balaban J connectivity index is 0.00000192. The number of carbonyl (C=O) groups is 2. The third kappa shape index (κ3) is 2.76. The van der Waals surface area contributed by atoms with Crippen molar-refractivity contribution in [2.24, 2.45) is 23.5 Å². The van der Waals surface area contributed by atoms with E-state index in [0.29, 0.717) is 0 Å². The molecule has 0 unspecified atom stereocenters. The Morgan fingerprint density at radius 2 is 2.09 bits per heavy atom. The van der Waals surface area contributed by atoms with Crippen molar-refractivity contribution in [3.8, 4) is 0 Å². The minimum atomic E-state index is -2.79. The van der Waals surface area contributed by atoms with Crippen molar-refractivity contribution < 1.29 is 28.6 Å². The van der Waals surface area contributed by atoms with Gasteiger partial charge in [-0.1, -0.05) is 11.8 Å². The Hall–Kier alpha value is -1.46. The highest BCUT2D eigenvalue weighted by atomic mass is 35.5. The number of aromatic amines is 1. The Morgan fingerprint density at radius 1 is 1.43 bits per heavy atom.